The Balaban J connectivity index is 1.66. The van der Waals surface area contributed by atoms with Crippen LogP contribution >= 0.6 is 15.9 Å². The quantitative estimate of drug-likeness (QED) is 0.648. The molecular formula is C19H14BrFN2O3. The summed E-state index contributed by atoms with van der Waals surface area (Å²) in [5.41, 5.74) is 1.17. The Labute approximate surface area is 157 Å². The smallest absolute Gasteiger partial charge is 0.291 e. The molecule has 26 heavy (non-hydrogen) atoms. The molecule has 0 unspecified atom stereocenters. The number of hydrogen-bond acceptors (Lipinski definition) is 3. The normalized spacial score (nSPS) is 10.4. The molecule has 0 bridgehead atoms. The van der Waals surface area contributed by atoms with Crippen LogP contribution in [0.4, 0.5) is 10.1 Å². The minimum absolute atomic E-state index is 0.0487. The number of benzene rings is 2. The first kappa shape index (κ1) is 17.9. The second-order valence-electron chi connectivity index (χ2n) is 5.43. The van der Waals surface area contributed by atoms with Gasteiger partial charge in [0, 0.05) is 27.8 Å². The number of halogens is 2. The highest BCUT2D eigenvalue weighted by Gasteiger charge is 2.12. The third kappa shape index (κ3) is 4.37. The van der Waals surface area contributed by atoms with Gasteiger partial charge in [-0.05, 0) is 48.5 Å². The van der Waals surface area contributed by atoms with Crippen molar-refractivity contribution in [2.75, 3.05) is 5.32 Å². The van der Waals surface area contributed by atoms with Gasteiger partial charge in [-0.3, -0.25) is 9.59 Å². The molecule has 0 radical (unpaired) electrons. The first-order chi connectivity index (χ1) is 12.5. The highest BCUT2D eigenvalue weighted by molar-refractivity contribution is 9.10. The molecule has 3 aromatic rings. The minimum atomic E-state index is -0.413. The van der Waals surface area contributed by atoms with Crippen LogP contribution in [0.15, 0.2) is 69.8 Å². The van der Waals surface area contributed by atoms with Crippen molar-refractivity contribution in [2.24, 2.45) is 0 Å². The molecule has 0 spiro atoms. The monoisotopic (exact) mass is 416 g/mol. The Bertz CT molecular complexity index is 942. The zero-order valence-electron chi connectivity index (χ0n) is 13.5. The summed E-state index contributed by atoms with van der Waals surface area (Å²) in [4.78, 5) is 24.3. The fourth-order valence-corrected chi connectivity index (χ4v) is 2.70. The first-order valence-corrected chi connectivity index (χ1v) is 8.49. The lowest BCUT2D eigenvalue weighted by Gasteiger charge is -2.09. The lowest BCUT2D eigenvalue weighted by Crippen LogP contribution is -2.23. The molecule has 1 heterocycles. The predicted octanol–water partition coefficient (Wildman–Crippen LogP) is 4.36. The molecular weight excluding hydrogens is 403 g/mol. The number of carbonyl (C=O) groups excluding carboxylic acids is 2. The van der Waals surface area contributed by atoms with E-state index in [1.54, 1.807) is 42.5 Å². The second-order valence-corrected chi connectivity index (χ2v) is 6.35. The Hall–Kier alpha value is -2.93. The Morgan fingerprint density at radius 3 is 2.65 bits per heavy atom. The van der Waals surface area contributed by atoms with E-state index < -0.39 is 11.7 Å². The van der Waals surface area contributed by atoms with E-state index in [9.17, 15) is 14.0 Å². The molecule has 1 aromatic heterocycles. The summed E-state index contributed by atoms with van der Waals surface area (Å²) in [5.74, 6) is -1.01. The van der Waals surface area contributed by atoms with Gasteiger partial charge in [0.1, 0.15) is 5.82 Å². The summed E-state index contributed by atoms with van der Waals surface area (Å²) in [6, 6.07) is 14.1. The summed E-state index contributed by atoms with van der Waals surface area (Å²) in [6.45, 7) is 0.0487. The SMILES string of the molecule is O=C(NCc1cc(Br)ccc1F)c1cccc(NC(=O)c2ccco2)c1. The van der Waals surface area contributed by atoms with E-state index in [4.69, 9.17) is 4.42 Å². The van der Waals surface area contributed by atoms with Crippen LogP contribution in [0.2, 0.25) is 0 Å². The molecule has 0 saturated carbocycles. The molecule has 2 amide bonds. The third-order valence-electron chi connectivity index (χ3n) is 3.57. The Morgan fingerprint density at radius 1 is 1.04 bits per heavy atom. The van der Waals surface area contributed by atoms with Gasteiger partial charge in [0.2, 0.25) is 0 Å². The van der Waals surface area contributed by atoms with Crippen molar-refractivity contribution in [3.63, 3.8) is 0 Å². The maximum Gasteiger partial charge on any atom is 0.291 e. The molecule has 0 atom stereocenters. The van der Waals surface area contributed by atoms with Crippen LogP contribution in [0.5, 0.6) is 0 Å². The predicted molar refractivity (Wildman–Crippen MR) is 98.4 cm³/mol. The van der Waals surface area contributed by atoms with E-state index in [1.807, 2.05) is 0 Å². The molecule has 0 saturated heterocycles. The molecule has 3 rings (SSSR count). The molecule has 0 fully saturated rings. The van der Waals surface area contributed by atoms with Crippen LogP contribution in [-0.2, 0) is 6.54 Å². The number of nitrogens with one attached hydrogen (secondary N) is 2. The molecule has 2 aromatic carbocycles. The molecule has 5 nitrogen and oxygen atoms in total. The molecule has 0 aliphatic carbocycles. The minimum Gasteiger partial charge on any atom is -0.459 e. The fourth-order valence-electron chi connectivity index (χ4n) is 2.29. The van der Waals surface area contributed by atoms with Gasteiger partial charge >= 0.3 is 0 Å². The second kappa shape index (κ2) is 7.97. The lowest BCUT2D eigenvalue weighted by molar-refractivity contribution is 0.0948. The van der Waals surface area contributed by atoms with E-state index in [-0.39, 0.29) is 18.2 Å². The van der Waals surface area contributed by atoms with E-state index in [2.05, 4.69) is 26.6 Å². The Morgan fingerprint density at radius 2 is 1.88 bits per heavy atom. The number of rotatable bonds is 5. The molecule has 132 valence electrons. The van der Waals surface area contributed by atoms with Crippen LogP contribution in [0.3, 0.4) is 0 Å². The summed E-state index contributed by atoms with van der Waals surface area (Å²) in [7, 11) is 0. The molecule has 7 heteroatoms. The van der Waals surface area contributed by atoms with Gasteiger partial charge in [-0.2, -0.15) is 0 Å². The van der Waals surface area contributed by atoms with Crippen LogP contribution < -0.4 is 10.6 Å². The van der Waals surface area contributed by atoms with Crippen LogP contribution in [0.1, 0.15) is 26.5 Å². The standard InChI is InChI=1S/C19H14BrFN2O3/c20-14-6-7-16(21)13(9-14)11-22-18(24)12-3-1-4-15(10-12)23-19(25)17-5-2-8-26-17/h1-10H,11H2,(H,22,24)(H,23,25). The van der Waals surface area contributed by atoms with Gasteiger partial charge in [-0.1, -0.05) is 22.0 Å². The van der Waals surface area contributed by atoms with Gasteiger partial charge in [0.15, 0.2) is 5.76 Å². The van der Waals surface area contributed by atoms with E-state index >= 15 is 0 Å². The largest absolute Gasteiger partial charge is 0.459 e. The van der Waals surface area contributed by atoms with Gasteiger partial charge < -0.3 is 15.1 Å². The highest BCUT2D eigenvalue weighted by Crippen LogP contribution is 2.16. The van der Waals surface area contributed by atoms with Crippen LogP contribution in [0, 0.1) is 5.82 Å². The van der Waals surface area contributed by atoms with Crippen LogP contribution in [0.25, 0.3) is 0 Å². The van der Waals surface area contributed by atoms with Crippen molar-refractivity contribution in [3.05, 3.63) is 88.0 Å². The van der Waals surface area contributed by atoms with Crippen molar-refractivity contribution in [3.8, 4) is 0 Å². The van der Waals surface area contributed by atoms with Crippen molar-refractivity contribution < 1.29 is 18.4 Å². The molecule has 2 N–H and O–H groups in total. The highest BCUT2D eigenvalue weighted by atomic mass is 79.9. The third-order valence-corrected chi connectivity index (χ3v) is 4.07. The molecule has 0 aliphatic rings. The van der Waals surface area contributed by atoms with E-state index in [1.165, 1.54) is 18.4 Å². The molecule has 0 aliphatic heterocycles. The van der Waals surface area contributed by atoms with Crippen molar-refractivity contribution >= 4 is 33.4 Å². The van der Waals surface area contributed by atoms with Crippen molar-refractivity contribution in [1.29, 1.82) is 0 Å². The average Bonchev–Trinajstić information content (AvgIpc) is 3.17. The van der Waals surface area contributed by atoms with Crippen molar-refractivity contribution in [2.45, 2.75) is 6.54 Å². The van der Waals surface area contributed by atoms with Crippen molar-refractivity contribution in [1.82, 2.24) is 5.32 Å². The van der Waals surface area contributed by atoms with Gasteiger partial charge in [-0.25, -0.2) is 4.39 Å². The topological polar surface area (TPSA) is 71.3 Å². The first-order valence-electron chi connectivity index (χ1n) is 7.70. The summed E-state index contributed by atoms with van der Waals surface area (Å²) in [6.07, 6.45) is 1.40. The number of furan rings is 1. The summed E-state index contributed by atoms with van der Waals surface area (Å²) in [5, 5.41) is 5.31. The van der Waals surface area contributed by atoms with Gasteiger partial charge in [0.25, 0.3) is 11.8 Å². The number of amides is 2. The maximum atomic E-state index is 13.7. The zero-order valence-corrected chi connectivity index (χ0v) is 15.0. The number of hydrogen-bond donors (Lipinski definition) is 2. The Kier molecular flexibility index (Phi) is 5.48. The number of carbonyl (C=O) groups is 2. The fraction of sp³-hybridized carbons (Fsp3) is 0.0526. The van der Waals surface area contributed by atoms with Gasteiger partial charge in [0.05, 0.1) is 6.26 Å². The van der Waals surface area contributed by atoms with Gasteiger partial charge in [-0.15, -0.1) is 0 Å². The maximum absolute atomic E-state index is 13.7. The summed E-state index contributed by atoms with van der Waals surface area (Å²) >= 11 is 3.27. The van der Waals surface area contributed by atoms with Crippen LogP contribution in [-0.4, -0.2) is 11.8 Å². The summed E-state index contributed by atoms with van der Waals surface area (Å²) < 4.78 is 19.5. The van der Waals surface area contributed by atoms with E-state index in [0.717, 1.165) is 4.47 Å². The van der Waals surface area contributed by atoms with E-state index in [0.29, 0.717) is 16.8 Å². The average molecular weight is 417 g/mol. The lowest BCUT2D eigenvalue weighted by atomic mass is 10.1. The zero-order chi connectivity index (χ0) is 18.5. The number of anilines is 1.